The highest BCUT2D eigenvalue weighted by Gasteiger charge is 2.23. The summed E-state index contributed by atoms with van der Waals surface area (Å²) < 4.78 is 10.7. The smallest absolute Gasteiger partial charge is 0.118 e. The third-order valence-corrected chi connectivity index (χ3v) is 3.98. The lowest BCUT2D eigenvalue weighted by Crippen LogP contribution is -2.43. The summed E-state index contributed by atoms with van der Waals surface area (Å²) >= 11 is 0. The molecule has 0 saturated heterocycles. The van der Waals surface area contributed by atoms with Gasteiger partial charge in [-0.3, -0.25) is 0 Å². The highest BCUT2D eigenvalue weighted by Crippen LogP contribution is 2.20. The van der Waals surface area contributed by atoms with Crippen LogP contribution in [0.2, 0.25) is 0 Å². The molecule has 1 aromatic rings. The molecule has 1 aromatic carbocycles. The van der Waals surface area contributed by atoms with Gasteiger partial charge in [-0.1, -0.05) is 25.0 Å². The molecule has 2 rings (SSSR count). The van der Waals surface area contributed by atoms with Crippen LogP contribution in [0.4, 0.5) is 0 Å². The van der Waals surface area contributed by atoms with Gasteiger partial charge in [-0.05, 0) is 43.5 Å². The molecule has 106 valence electrons. The third kappa shape index (κ3) is 4.22. The standard InChI is InChI=1S/C16H25NO2/c1-18-14-9-7-13(8-10-14)11-12-17-15-5-3-4-6-16(15)19-2/h7-10,15-17H,3-6,11-12H2,1-2H3/t15-,16+/m1/s1. The van der Waals surface area contributed by atoms with E-state index in [9.17, 15) is 0 Å². The highest BCUT2D eigenvalue weighted by atomic mass is 16.5. The monoisotopic (exact) mass is 263 g/mol. The fourth-order valence-corrected chi connectivity index (χ4v) is 2.81. The first-order valence-electron chi connectivity index (χ1n) is 7.22. The first-order valence-corrected chi connectivity index (χ1v) is 7.22. The molecule has 0 spiro atoms. The molecule has 0 aromatic heterocycles. The molecular weight excluding hydrogens is 238 g/mol. The minimum atomic E-state index is 0.393. The number of hydrogen-bond acceptors (Lipinski definition) is 3. The summed E-state index contributed by atoms with van der Waals surface area (Å²) in [5.74, 6) is 0.920. The summed E-state index contributed by atoms with van der Waals surface area (Å²) in [7, 11) is 3.53. The van der Waals surface area contributed by atoms with E-state index in [0.29, 0.717) is 12.1 Å². The van der Waals surface area contributed by atoms with E-state index < -0.39 is 0 Å². The maximum atomic E-state index is 5.56. The Bertz CT molecular complexity index is 364. The second-order valence-corrected chi connectivity index (χ2v) is 5.22. The molecule has 1 fully saturated rings. The number of benzene rings is 1. The maximum absolute atomic E-state index is 5.56. The third-order valence-electron chi connectivity index (χ3n) is 3.98. The first-order chi connectivity index (χ1) is 9.33. The average molecular weight is 263 g/mol. The molecule has 3 heteroatoms. The molecule has 0 radical (unpaired) electrons. The van der Waals surface area contributed by atoms with Crippen LogP contribution in [-0.2, 0) is 11.2 Å². The Morgan fingerprint density at radius 3 is 2.53 bits per heavy atom. The maximum Gasteiger partial charge on any atom is 0.118 e. The molecule has 2 atom stereocenters. The van der Waals surface area contributed by atoms with E-state index in [-0.39, 0.29) is 0 Å². The Morgan fingerprint density at radius 1 is 1.11 bits per heavy atom. The largest absolute Gasteiger partial charge is 0.497 e. The number of hydrogen-bond donors (Lipinski definition) is 1. The number of nitrogens with one attached hydrogen (secondary N) is 1. The van der Waals surface area contributed by atoms with Gasteiger partial charge in [-0.2, -0.15) is 0 Å². The summed E-state index contributed by atoms with van der Waals surface area (Å²) in [4.78, 5) is 0. The Hall–Kier alpha value is -1.06. The fraction of sp³-hybridized carbons (Fsp3) is 0.625. The summed E-state index contributed by atoms with van der Waals surface area (Å²) in [5.41, 5.74) is 1.35. The zero-order valence-electron chi connectivity index (χ0n) is 12.0. The van der Waals surface area contributed by atoms with Gasteiger partial charge >= 0.3 is 0 Å². The minimum absolute atomic E-state index is 0.393. The van der Waals surface area contributed by atoms with E-state index >= 15 is 0 Å². The summed E-state index contributed by atoms with van der Waals surface area (Å²) in [6.07, 6.45) is 6.49. The van der Waals surface area contributed by atoms with Gasteiger partial charge < -0.3 is 14.8 Å². The summed E-state index contributed by atoms with van der Waals surface area (Å²) in [6.45, 7) is 1.01. The normalized spacial score (nSPS) is 23.3. The van der Waals surface area contributed by atoms with Gasteiger partial charge in [-0.25, -0.2) is 0 Å². The van der Waals surface area contributed by atoms with Crippen LogP contribution in [0.5, 0.6) is 5.75 Å². The van der Waals surface area contributed by atoms with Crippen molar-refractivity contribution in [3.8, 4) is 5.75 Å². The molecule has 0 aliphatic heterocycles. The van der Waals surface area contributed by atoms with Crippen LogP contribution in [0.15, 0.2) is 24.3 Å². The SMILES string of the molecule is COc1ccc(CCN[C@@H]2CCCC[C@@H]2OC)cc1. The van der Waals surface area contributed by atoms with Gasteiger partial charge in [0.2, 0.25) is 0 Å². The first kappa shape index (κ1) is 14.4. The molecule has 0 bridgehead atoms. The van der Waals surface area contributed by atoms with Crippen molar-refractivity contribution in [1.82, 2.24) is 5.32 Å². The van der Waals surface area contributed by atoms with Crippen molar-refractivity contribution >= 4 is 0 Å². The van der Waals surface area contributed by atoms with Crippen molar-refractivity contribution in [3.63, 3.8) is 0 Å². The molecule has 0 amide bonds. The predicted octanol–water partition coefficient (Wildman–Crippen LogP) is 2.78. The van der Waals surface area contributed by atoms with Crippen molar-refractivity contribution in [3.05, 3.63) is 29.8 Å². The molecule has 1 saturated carbocycles. The van der Waals surface area contributed by atoms with Crippen molar-refractivity contribution in [2.45, 2.75) is 44.2 Å². The summed E-state index contributed by atoms with van der Waals surface area (Å²) in [6, 6.07) is 8.84. The number of ether oxygens (including phenoxy) is 2. The zero-order chi connectivity index (χ0) is 13.5. The predicted molar refractivity (Wildman–Crippen MR) is 77.8 cm³/mol. The highest BCUT2D eigenvalue weighted by molar-refractivity contribution is 5.27. The second-order valence-electron chi connectivity index (χ2n) is 5.22. The van der Waals surface area contributed by atoms with Gasteiger partial charge in [0.25, 0.3) is 0 Å². The van der Waals surface area contributed by atoms with E-state index in [1.165, 1.54) is 31.2 Å². The van der Waals surface area contributed by atoms with Crippen LogP contribution in [-0.4, -0.2) is 32.9 Å². The molecule has 0 heterocycles. The van der Waals surface area contributed by atoms with Gasteiger partial charge in [-0.15, -0.1) is 0 Å². The lowest BCUT2D eigenvalue weighted by molar-refractivity contribution is 0.0421. The molecule has 19 heavy (non-hydrogen) atoms. The van der Waals surface area contributed by atoms with E-state index in [4.69, 9.17) is 9.47 Å². The van der Waals surface area contributed by atoms with Crippen LogP contribution >= 0.6 is 0 Å². The van der Waals surface area contributed by atoms with Crippen LogP contribution in [0.3, 0.4) is 0 Å². The molecule has 1 aliphatic rings. The van der Waals surface area contributed by atoms with Crippen molar-refractivity contribution in [1.29, 1.82) is 0 Å². The minimum Gasteiger partial charge on any atom is -0.497 e. The Morgan fingerprint density at radius 2 is 1.84 bits per heavy atom. The van der Waals surface area contributed by atoms with Crippen LogP contribution in [0.1, 0.15) is 31.2 Å². The van der Waals surface area contributed by atoms with Gasteiger partial charge in [0.15, 0.2) is 0 Å². The topological polar surface area (TPSA) is 30.5 Å². The Balaban J connectivity index is 1.75. The zero-order valence-corrected chi connectivity index (χ0v) is 12.0. The molecule has 0 unspecified atom stereocenters. The van der Waals surface area contributed by atoms with Gasteiger partial charge in [0, 0.05) is 13.2 Å². The summed E-state index contributed by atoms with van der Waals surface area (Å²) in [5, 5.41) is 3.64. The van der Waals surface area contributed by atoms with Crippen LogP contribution in [0, 0.1) is 0 Å². The van der Waals surface area contributed by atoms with E-state index in [1.54, 1.807) is 7.11 Å². The Labute approximate surface area is 116 Å². The van der Waals surface area contributed by atoms with E-state index in [1.807, 2.05) is 19.2 Å². The van der Waals surface area contributed by atoms with Crippen molar-refractivity contribution in [2.24, 2.45) is 0 Å². The fourth-order valence-electron chi connectivity index (χ4n) is 2.81. The second kappa shape index (κ2) is 7.51. The molecule has 3 nitrogen and oxygen atoms in total. The quantitative estimate of drug-likeness (QED) is 0.856. The Kier molecular flexibility index (Phi) is 5.67. The number of methoxy groups -OCH3 is 2. The van der Waals surface area contributed by atoms with Crippen LogP contribution in [0.25, 0.3) is 0 Å². The molecular formula is C16H25NO2. The molecule has 1 aliphatic carbocycles. The lowest BCUT2D eigenvalue weighted by Gasteiger charge is -2.31. The van der Waals surface area contributed by atoms with E-state index in [2.05, 4.69) is 17.4 Å². The van der Waals surface area contributed by atoms with Crippen molar-refractivity contribution < 1.29 is 9.47 Å². The van der Waals surface area contributed by atoms with Crippen LogP contribution < -0.4 is 10.1 Å². The molecule has 1 N–H and O–H groups in total. The average Bonchev–Trinajstić information content (AvgIpc) is 2.48. The lowest BCUT2D eigenvalue weighted by atomic mass is 9.92. The number of rotatable bonds is 6. The van der Waals surface area contributed by atoms with Gasteiger partial charge in [0.05, 0.1) is 13.2 Å². The van der Waals surface area contributed by atoms with E-state index in [0.717, 1.165) is 18.7 Å². The van der Waals surface area contributed by atoms with Crippen molar-refractivity contribution in [2.75, 3.05) is 20.8 Å². The van der Waals surface area contributed by atoms with Gasteiger partial charge in [0.1, 0.15) is 5.75 Å².